The molecule has 1 fully saturated rings. The van der Waals surface area contributed by atoms with Gasteiger partial charge in [0, 0.05) is 13.3 Å². The van der Waals surface area contributed by atoms with Gasteiger partial charge in [-0.2, -0.15) is 11.8 Å². The molecule has 0 aliphatic carbocycles. The molecule has 1 aliphatic heterocycles. The van der Waals surface area contributed by atoms with E-state index in [1.807, 2.05) is 11.8 Å². The van der Waals surface area contributed by atoms with Crippen LogP contribution in [-0.4, -0.2) is 28.7 Å². The molecule has 0 aromatic carbocycles. The van der Waals surface area contributed by atoms with Crippen LogP contribution < -0.4 is 0 Å². The van der Waals surface area contributed by atoms with Crippen molar-refractivity contribution in [3.8, 4) is 0 Å². The number of thioether (sulfide) groups is 2. The molecule has 0 saturated carbocycles. The van der Waals surface area contributed by atoms with Crippen LogP contribution in [0.3, 0.4) is 0 Å². The molecule has 70 valence electrons. The van der Waals surface area contributed by atoms with E-state index in [2.05, 4.69) is 0 Å². The summed E-state index contributed by atoms with van der Waals surface area (Å²) in [5.74, 6) is 3.33. The summed E-state index contributed by atoms with van der Waals surface area (Å²) in [5.41, 5.74) is 0.107. The van der Waals surface area contributed by atoms with E-state index in [9.17, 15) is 4.79 Å². The van der Waals surface area contributed by atoms with Crippen LogP contribution in [-0.2, 0) is 9.53 Å². The highest BCUT2D eigenvalue weighted by Crippen LogP contribution is 2.23. The zero-order valence-electron chi connectivity index (χ0n) is 7.25. The van der Waals surface area contributed by atoms with Crippen molar-refractivity contribution in [2.24, 2.45) is 0 Å². The molecule has 0 bridgehead atoms. The Morgan fingerprint density at radius 3 is 3.00 bits per heavy atom. The summed E-state index contributed by atoms with van der Waals surface area (Å²) < 4.78 is 5.14. The smallest absolute Gasteiger partial charge is 0.303 e. The number of carbonyl (C=O) groups excluding carboxylic acids is 1. The zero-order chi connectivity index (χ0) is 8.81. The fraction of sp³-hybridized carbons (Fsp3) is 0.875. The van der Waals surface area contributed by atoms with Crippen molar-refractivity contribution in [3.05, 3.63) is 0 Å². The van der Waals surface area contributed by atoms with Gasteiger partial charge in [0.05, 0.1) is 0 Å². The average molecular weight is 206 g/mol. The number of hydrogen-bond acceptors (Lipinski definition) is 4. The van der Waals surface area contributed by atoms with Gasteiger partial charge < -0.3 is 4.74 Å². The van der Waals surface area contributed by atoms with Crippen LogP contribution in [0.1, 0.15) is 19.8 Å². The molecule has 1 unspecified atom stereocenters. The Bertz CT molecular complexity index is 142. The molecule has 1 saturated heterocycles. The fourth-order valence-electron chi connectivity index (χ4n) is 1.02. The Morgan fingerprint density at radius 2 is 2.25 bits per heavy atom. The van der Waals surface area contributed by atoms with Crippen molar-refractivity contribution < 1.29 is 9.53 Å². The van der Waals surface area contributed by atoms with E-state index < -0.39 is 0 Å². The van der Waals surface area contributed by atoms with E-state index in [1.54, 1.807) is 11.8 Å². The highest BCUT2D eigenvalue weighted by atomic mass is 32.2. The largest absolute Gasteiger partial charge is 0.451 e. The summed E-state index contributed by atoms with van der Waals surface area (Å²) in [4.78, 5) is 10.7. The molecule has 0 aromatic rings. The molecule has 0 N–H and O–H groups in total. The number of rotatable bonds is 1. The predicted molar refractivity (Wildman–Crippen MR) is 54.6 cm³/mol. The van der Waals surface area contributed by atoms with Crippen LogP contribution in [0, 0.1) is 0 Å². The van der Waals surface area contributed by atoms with Gasteiger partial charge in [-0.3, -0.25) is 4.79 Å². The molecule has 0 spiro atoms. The maximum Gasteiger partial charge on any atom is 0.303 e. The van der Waals surface area contributed by atoms with Crippen molar-refractivity contribution >= 4 is 29.5 Å². The van der Waals surface area contributed by atoms with Crippen LogP contribution in [0.2, 0.25) is 0 Å². The van der Waals surface area contributed by atoms with Crippen molar-refractivity contribution in [2.45, 2.75) is 25.2 Å². The fourth-order valence-corrected chi connectivity index (χ4v) is 3.35. The minimum atomic E-state index is -0.155. The molecule has 4 heteroatoms. The quantitative estimate of drug-likeness (QED) is 0.614. The first kappa shape index (κ1) is 10.3. The summed E-state index contributed by atoms with van der Waals surface area (Å²) >= 11 is 3.72. The minimum Gasteiger partial charge on any atom is -0.451 e. The van der Waals surface area contributed by atoms with E-state index in [4.69, 9.17) is 4.74 Å². The molecule has 1 aliphatic rings. The minimum absolute atomic E-state index is 0.107. The number of esters is 1. The first-order chi connectivity index (χ1) is 5.79. The molecule has 1 rings (SSSR count). The van der Waals surface area contributed by atoms with E-state index >= 15 is 0 Å². The molecule has 1 heterocycles. The molecular weight excluding hydrogens is 192 g/mol. The lowest BCUT2D eigenvalue weighted by Gasteiger charge is -2.18. The first-order valence-electron chi connectivity index (χ1n) is 4.15. The lowest BCUT2D eigenvalue weighted by molar-refractivity contribution is -0.142. The van der Waals surface area contributed by atoms with E-state index in [-0.39, 0.29) is 11.4 Å². The van der Waals surface area contributed by atoms with Crippen molar-refractivity contribution in [1.29, 1.82) is 0 Å². The Kier molecular flexibility index (Phi) is 4.92. The Hall–Kier alpha value is 0.170. The van der Waals surface area contributed by atoms with Gasteiger partial charge in [-0.25, -0.2) is 0 Å². The monoisotopic (exact) mass is 206 g/mol. The maximum absolute atomic E-state index is 10.7. The normalized spacial score (nSPS) is 25.6. The summed E-state index contributed by atoms with van der Waals surface area (Å²) in [6.45, 7) is 1.48. The molecule has 0 aromatic heterocycles. The molecular formula is C8H14O2S2. The van der Waals surface area contributed by atoms with Crippen molar-refractivity contribution in [1.82, 2.24) is 0 Å². The molecule has 1 atom stereocenters. The second-order valence-corrected chi connectivity index (χ2v) is 5.16. The summed E-state index contributed by atoms with van der Waals surface area (Å²) in [6, 6.07) is 0. The van der Waals surface area contributed by atoms with Gasteiger partial charge >= 0.3 is 5.97 Å². The van der Waals surface area contributed by atoms with Crippen LogP contribution in [0.4, 0.5) is 0 Å². The van der Waals surface area contributed by atoms with Crippen LogP contribution in [0.15, 0.2) is 0 Å². The number of hydrogen-bond donors (Lipinski definition) is 0. The zero-order valence-corrected chi connectivity index (χ0v) is 8.88. The lowest BCUT2D eigenvalue weighted by Crippen LogP contribution is -2.15. The van der Waals surface area contributed by atoms with Crippen molar-refractivity contribution in [2.75, 3.05) is 17.3 Å². The molecule has 0 amide bonds. The number of carbonyl (C=O) groups is 1. The van der Waals surface area contributed by atoms with Crippen molar-refractivity contribution in [3.63, 3.8) is 0 Å². The van der Waals surface area contributed by atoms with Gasteiger partial charge in [0.15, 0.2) is 0 Å². The average Bonchev–Trinajstić information content (AvgIpc) is 1.93. The summed E-state index contributed by atoms with van der Waals surface area (Å²) in [6.07, 6.45) is 2.22. The van der Waals surface area contributed by atoms with Gasteiger partial charge in [-0.05, 0) is 23.7 Å². The number of ether oxygens (including phenoxy) is 1. The van der Waals surface area contributed by atoms with E-state index in [0.717, 1.165) is 17.9 Å². The Balaban J connectivity index is 2.24. The lowest BCUT2D eigenvalue weighted by atomic mass is 10.5. The van der Waals surface area contributed by atoms with E-state index in [1.165, 1.54) is 19.1 Å². The topological polar surface area (TPSA) is 26.3 Å². The third kappa shape index (κ3) is 4.26. The molecule has 0 radical (unpaired) electrons. The molecule has 2 nitrogen and oxygen atoms in total. The highest BCUT2D eigenvalue weighted by molar-refractivity contribution is 8.01. The van der Waals surface area contributed by atoms with E-state index in [0.29, 0.717) is 0 Å². The standard InChI is InChI=1S/C8H14O2S2/c1-7(9)10-8-3-6-11-4-2-5-12-8/h8H,2-6H2,1H3. The maximum atomic E-state index is 10.7. The van der Waals surface area contributed by atoms with Gasteiger partial charge in [0.25, 0.3) is 0 Å². The third-order valence-electron chi connectivity index (χ3n) is 1.53. The Morgan fingerprint density at radius 1 is 1.42 bits per heavy atom. The van der Waals surface area contributed by atoms with Crippen LogP contribution in [0.5, 0.6) is 0 Å². The second-order valence-electron chi connectivity index (χ2n) is 2.66. The van der Waals surface area contributed by atoms with Gasteiger partial charge in [0.2, 0.25) is 0 Å². The SMILES string of the molecule is CC(=O)OC1CCSCCCS1. The summed E-state index contributed by atoms with van der Waals surface area (Å²) in [7, 11) is 0. The first-order valence-corrected chi connectivity index (χ1v) is 6.36. The Labute approximate surface area is 81.8 Å². The predicted octanol–water partition coefficient (Wildman–Crippen LogP) is 2.14. The summed E-state index contributed by atoms with van der Waals surface area (Å²) in [5, 5.41) is 0. The van der Waals surface area contributed by atoms with Crippen LogP contribution >= 0.6 is 23.5 Å². The molecule has 12 heavy (non-hydrogen) atoms. The van der Waals surface area contributed by atoms with Gasteiger partial charge in [-0.15, -0.1) is 11.8 Å². The van der Waals surface area contributed by atoms with Gasteiger partial charge in [-0.1, -0.05) is 0 Å². The highest BCUT2D eigenvalue weighted by Gasteiger charge is 2.13. The van der Waals surface area contributed by atoms with Crippen LogP contribution in [0.25, 0.3) is 0 Å². The third-order valence-corrected chi connectivity index (χ3v) is 3.86. The van der Waals surface area contributed by atoms with Gasteiger partial charge in [0.1, 0.15) is 5.44 Å². The second kappa shape index (κ2) is 5.75.